The summed E-state index contributed by atoms with van der Waals surface area (Å²) in [6.07, 6.45) is 5.77. The second kappa shape index (κ2) is 10.8. The summed E-state index contributed by atoms with van der Waals surface area (Å²) in [6, 6.07) is 3.74. The Labute approximate surface area is 202 Å². The molecule has 0 spiro atoms. The molecule has 0 radical (unpaired) electrons. The van der Waals surface area contributed by atoms with Gasteiger partial charge < -0.3 is 4.74 Å². The van der Waals surface area contributed by atoms with Crippen molar-refractivity contribution in [3.63, 3.8) is 0 Å². The van der Waals surface area contributed by atoms with E-state index in [1.807, 2.05) is 0 Å². The number of ether oxygens (including phenoxy) is 1. The normalized spacial score (nSPS) is 25.5. The van der Waals surface area contributed by atoms with E-state index in [9.17, 15) is 26.3 Å². The van der Waals surface area contributed by atoms with Gasteiger partial charge in [-0.2, -0.15) is 8.78 Å². The maximum absolute atomic E-state index is 14.9. The third kappa shape index (κ3) is 5.97. The van der Waals surface area contributed by atoms with Crippen molar-refractivity contribution >= 4 is 0 Å². The molecule has 7 heteroatoms. The van der Waals surface area contributed by atoms with Crippen LogP contribution in [0.25, 0.3) is 11.1 Å². The molecule has 35 heavy (non-hydrogen) atoms. The summed E-state index contributed by atoms with van der Waals surface area (Å²) in [6.45, 7) is 2.21. The maximum Gasteiger partial charge on any atom is 0.400 e. The van der Waals surface area contributed by atoms with Gasteiger partial charge in [0.1, 0.15) is 17.4 Å². The number of alkyl halides is 2. The van der Waals surface area contributed by atoms with E-state index in [-0.39, 0.29) is 5.56 Å². The van der Waals surface area contributed by atoms with Crippen LogP contribution in [0.15, 0.2) is 30.3 Å². The Kier molecular flexibility index (Phi) is 8.02. The summed E-state index contributed by atoms with van der Waals surface area (Å²) in [7, 11) is 0. The van der Waals surface area contributed by atoms with Crippen LogP contribution in [0.3, 0.4) is 0 Å². The molecule has 0 amide bonds. The molecule has 0 heterocycles. The van der Waals surface area contributed by atoms with Crippen LogP contribution in [0.5, 0.6) is 5.75 Å². The zero-order valence-corrected chi connectivity index (χ0v) is 19.9. The van der Waals surface area contributed by atoms with Crippen molar-refractivity contribution in [3.8, 4) is 16.9 Å². The molecule has 192 valence electrons. The molecule has 0 N–H and O–H groups in total. The molecule has 2 aliphatic rings. The predicted octanol–water partition coefficient (Wildman–Crippen LogP) is 9.29. The van der Waals surface area contributed by atoms with E-state index in [4.69, 9.17) is 4.74 Å². The lowest BCUT2D eigenvalue weighted by molar-refractivity contribution is -0.224. The number of halogens is 6. The Bertz CT molecular complexity index is 983. The van der Waals surface area contributed by atoms with Crippen molar-refractivity contribution in [2.45, 2.75) is 77.2 Å². The molecule has 2 fully saturated rings. The number of rotatable bonds is 7. The van der Waals surface area contributed by atoms with Gasteiger partial charge in [-0.15, -0.1) is 0 Å². The molecule has 0 aliphatic heterocycles. The van der Waals surface area contributed by atoms with E-state index in [1.165, 1.54) is 38.5 Å². The molecule has 0 saturated heterocycles. The predicted molar refractivity (Wildman–Crippen MR) is 123 cm³/mol. The second-order valence-corrected chi connectivity index (χ2v) is 10.2. The van der Waals surface area contributed by atoms with Gasteiger partial charge in [-0.1, -0.05) is 38.7 Å². The second-order valence-electron chi connectivity index (χ2n) is 10.2. The lowest BCUT2D eigenvalue weighted by atomic mass is 9.68. The first-order chi connectivity index (χ1) is 16.7. The maximum atomic E-state index is 14.9. The molecule has 0 bridgehead atoms. The summed E-state index contributed by atoms with van der Waals surface area (Å²) in [4.78, 5) is 0. The first-order valence-electron chi connectivity index (χ1n) is 12.7. The fourth-order valence-electron chi connectivity index (χ4n) is 6.06. The largest absolute Gasteiger partial charge is 0.432 e. The van der Waals surface area contributed by atoms with Gasteiger partial charge in [-0.25, -0.2) is 17.6 Å². The fourth-order valence-corrected chi connectivity index (χ4v) is 6.06. The molecule has 4 rings (SSSR count). The molecule has 1 nitrogen and oxygen atoms in total. The standard InChI is InChI=1S/C28H32F6O/c1-2-3-17-4-6-18(7-5-17)19-8-11-21(12-9-19)28(33,34)35-22-15-25(31)27(26(32)16-22)20-10-13-23(29)24(30)14-20/h10,13-19,21H,2-9,11-12H2,1H3. The van der Waals surface area contributed by atoms with Gasteiger partial charge in [0.05, 0.1) is 11.5 Å². The molecular formula is C28H32F6O. The lowest BCUT2D eigenvalue weighted by Crippen LogP contribution is -2.38. The van der Waals surface area contributed by atoms with Crippen LogP contribution in [0, 0.1) is 46.9 Å². The van der Waals surface area contributed by atoms with Gasteiger partial charge >= 0.3 is 6.11 Å². The average molecular weight is 499 g/mol. The van der Waals surface area contributed by atoms with Crippen LogP contribution in [0.2, 0.25) is 0 Å². The SMILES string of the molecule is CCCC1CCC(C2CCC(C(F)(F)Oc3cc(F)c(-c4ccc(F)c(F)c4)c(F)c3)CC2)CC1. The first-order valence-corrected chi connectivity index (χ1v) is 12.7. The van der Waals surface area contributed by atoms with Gasteiger partial charge in [0, 0.05) is 12.1 Å². The zero-order chi connectivity index (χ0) is 25.2. The van der Waals surface area contributed by atoms with E-state index in [0.29, 0.717) is 55.7 Å². The Hall–Kier alpha value is -2.18. The number of benzene rings is 2. The quantitative estimate of drug-likeness (QED) is 0.346. The fraction of sp³-hybridized carbons (Fsp3) is 0.571. The summed E-state index contributed by atoms with van der Waals surface area (Å²) >= 11 is 0. The highest BCUT2D eigenvalue weighted by Crippen LogP contribution is 2.46. The van der Waals surface area contributed by atoms with Crippen molar-refractivity contribution in [1.82, 2.24) is 0 Å². The molecule has 2 aliphatic carbocycles. The van der Waals surface area contributed by atoms with Gasteiger partial charge in [0.15, 0.2) is 11.6 Å². The third-order valence-electron chi connectivity index (χ3n) is 7.98. The van der Waals surface area contributed by atoms with E-state index >= 15 is 0 Å². The highest BCUT2D eigenvalue weighted by Gasteiger charge is 2.45. The van der Waals surface area contributed by atoms with Crippen molar-refractivity contribution in [1.29, 1.82) is 0 Å². The minimum absolute atomic E-state index is 0.237. The molecule has 2 aromatic rings. The minimum Gasteiger partial charge on any atom is -0.432 e. The highest BCUT2D eigenvalue weighted by molar-refractivity contribution is 5.66. The lowest BCUT2D eigenvalue weighted by Gasteiger charge is -2.39. The average Bonchev–Trinajstić information content (AvgIpc) is 2.81. The van der Waals surface area contributed by atoms with Crippen LogP contribution < -0.4 is 4.74 Å². The Morgan fingerprint density at radius 2 is 1.31 bits per heavy atom. The van der Waals surface area contributed by atoms with E-state index in [0.717, 1.165) is 18.1 Å². The molecule has 2 saturated carbocycles. The van der Waals surface area contributed by atoms with Gasteiger partial charge in [0.25, 0.3) is 0 Å². The summed E-state index contributed by atoms with van der Waals surface area (Å²) < 4.78 is 90.5. The van der Waals surface area contributed by atoms with Gasteiger partial charge in [0.2, 0.25) is 0 Å². The summed E-state index contributed by atoms with van der Waals surface area (Å²) in [5.74, 6) is -4.60. The Morgan fingerprint density at radius 3 is 1.86 bits per heavy atom. The van der Waals surface area contributed by atoms with Crippen molar-refractivity contribution < 1.29 is 31.1 Å². The summed E-state index contributed by atoms with van der Waals surface area (Å²) in [5, 5.41) is 0. The summed E-state index contributed by atoms with van der Waals surface area (Å²) in [5.41, 5.74) is -0.868. The van der Waals surface area contributed by atoms with Crippen LogP contribution in [-0.4, -0.2) is 6.11 Å². The Morgan fingerprint density at radius 1 is 0.743 bits per heavy atom. The smallest absolute Gasteiger partial charge is 0.400 e. The van der Waals surface area contributed by atoms with Crippen LogP contribution >= 0.6 is 0 Å². The van der Waals surface area contributed by atoms with Gasteiger partial charge in [-0.05, 0) is 74.0 Å². The molecule has 0 aromatic heterocycles. The highest BCUT2D eigenvalue weighted by atomic mass is 19.3. The van der Waals surface area contributed by atoms with Crippen molar-refractivity contribution in [2.24, 2.45) is 23.7 Å². The van der Waals surface area contributed by atoms with E-state index < -0.39 is 46.6 Å². The number of hydrogen-bond donors (Lipinski definition) is 0. The molecule has 2 aromatic carbocycles. The topological polar surface area (TPSA) is 9.23 Å². The van der Waals surface area contributed by atoms with Crippen molar-refractivity contribution in [3.05, 3.63) is 53.6 Å². The Balaban J connectivity index is 1.37. The van der Waals surface area contributed by atoms with Crippen molar-refractivity contribution in [2.75, 3.05) is 0 Å². The van der Waals surface area contributed by atoms with Crippen LogP contribution in [0.4, 0.5) is 26.3 Å². The van der Waals surface area contributed by atoms with E-state index in [1.54, 1.807) is 0 Å². The molecule has 0 unspecified atom stereocenters. The van der Waals surface area contributed by atoms with Gasteiger partial charge in [-0.3, -0.25) is 0 Å². The zero-order valence-electron chi connectivity index (χ0n) is 19.9. The molecule has 0 atom stereocenters. The third-order valence-corrected chi connectivity index (χ3v) is 7.98. The van der Waals surface area contributed by atoms with Crippen LogP contribution in [0.1, 0.15) is 71.1 Å². The van der Waals surface area contributed by atoms with E-state index in [2.05, 4.69) is 6.92 Å². The number of hydrogen-bond acceptors (Lipinski definition) is 1. The minimum atomic E-state index is -3.56. The first kappa shape index (κ1) is 25.9. The molecular weight excluding hydrogens is 466 g/mol. The van der Waals surface area contributed by atoms with Crippen LogP contribution in [-0.2, 0) is 0 Å². The monoisotopic (exact) mass is 498 g/mol.